The topological polar surface area (TPSA) is 66.8 Å². The summed E-state index contributed by atoms with van der Waals surface area (Å²) < 4.78 is 13.9. The number of benzene rings is 1. The van der Waals surface area contributed by atoms with E-state index in [1.807, 2.05) is 36.7 Å². The molecule has 1 fully saturated rings. The monoisotopic (exact) mass is 482 g/mol. The summed E-state index contributed by atoms with van der Waals surface area (Å²) >= 11 is 0. The van der Waals surface area contributed by atoms with Crippen LogP contribution in [0.25, 0.3) is 22.5 Å². The summed E-state index contributed by atoms with van der Waals surface area (Å²) in [7, 11) is 0. The molecule has 36 heavy (non-hydrogen) atoms. The van der Waals surface area contributed by atoms with E-state index < -0.39 is 0 Å². The first-order valence-electron chi connectivity index (χ1n) is 12.6. The Morgan fingerprint density at radius 1 is 1.00 bits per heavy atom. The third-order valence-corrected chi connectivity index (χ3v) is 6.83. The van der Waals surface area contributed by atoms with E-state index in [-0.39, 0.29) is 11.7 Å². The van der Waals surface area contributed by atoms with Gasteiger partial charge in [-0.25, -0.2) is 19.3 Å². The van der Waals surface area contributed by atoms with Crippen molar-refractivity contribution in [3.8, 4) is 22.5 Å². The van der Waals surface area contributed by atoms with Crippen LogP contribution in [0.3, 0.4) is 0 Å². The molecule has 184 valence electrons. The summed E-state index contributed by atoms with van der Waals surface area (Å²) in [6.45, 7) is 7.91. The Kier molecular flexibility index (Phi) is 7.28. The fraction of sp³-hybridized carbons (Fsp3) is 0.310. The molecule has 5 rings (SSSR count). The third kappa shape index (κ3) is 5.26. The summed E-state index contributed by atoms with van der Waals surface area (Å²) in [5.74, 6) is 1.88. The fourth-order valence-electron chi connectivity index (χ4n) is 4.72. The quantitative estimate of drug-likeness (QED) is 0.391. The van der Waals surface area contributed by atoms with Gasteiger partial charge in [-0.3, -0.25) is 4.98 Å². The van der Waals surface area contributed by atoms with Gasteiger partial charge < -0.3 is 10.2 Å². The Bertz CT molecular complexity index is 1320. The number of hydrogen-bond donors (Lipinski definition) is 1. The Morgan fingerprint density at radius 2 is 1.86 bits per heavy atom. The van der Waals surface area contributed by atoms with E-state index >= 15 is 0 Å². The maximum atomic E-state index is 13.9. The van der Waals surface area contributed by atoms with Crippen molar-refractivity contribution in [2.24, 2.45) is 0 Å². The highest BCUT2D eigenvalue weighted by Crippen LogP contribution is 2.31. The Morgan fingerprint density at radius 3 is 2.61 bits per heavy atom. The normalized spacial score (nSPS) is 14.6. The van der Waals surface area contributed by atoms with Crippen molar-refractivity contribution in [3.05, 3.63) is 89.9 Å². The van der Waals surface area contributed by atoms with Crippen molar-refractivity contribution < 1.29 is 4.39 Å². The predicted octanol–water partition coefficient (Wildman–Crippen LogP) is 5.19. The molecule has 4 aromatic rings. The second-order valence-corrected chi connectivity index (χ2v) is 9.22. The molecule has 1 unspecified atom stereocenters. The third-order valence-electron chi connectivity index (χ3n) is 6.83. The molecule has 7 heteroatoms. The van der Waals surface area contributed by atoms with Gasteiger partial charge in [-0.05, 0) is 72.9 Å². The van der Waals surface area contributed by atoms with Crippen molar-refractivity contribution in [3.63, 3.8) is 0 Å². The van der Waals surface area contributed by atoms with Gasteiger partial charge in [0.2, 0.25) is 0 Å². The molecule has 1 saturated heterocycles. The number of piperazine rings is 1. The molecule has 1 N–H and O–H groups in total. The van der Waals surface area contributed by atoms with Crippen LogP contribution >= 0.6 is 0 Å². The van der Waals surface area contributed by atoms with Gasteiger partial charge in [-0.1, -0.05) is 13.0 Å². The molecular formula is C29H31FN6. The lowest BCUT2D eigenvalue weighted by Crippen LogP contribution is -2.43. The summed E-state index contributed by atoms with van der Waals surface area (Å²) in [5.41, 5.74) is 5.16. The van der Waals surface area contributed by atoms with Gasteiger partial charge in [-0.2, -0.15) is 0 Å². The van der Waals surface area contributed by atoms with Gasteiger partial charge >= 0.3 is 0 Å². The summed E-state index contributed by atoms with van der Waals surface area (Å²) in [6, 6.07) is 15.2. The lowest BCUT2D eigenvalue weighted by Gasteiger charge is -2.28. The average molecular weight is 483 g/mol. The summed E-state index contributed by atoms with van der Waals surface area (Å²) in [4.78, 5) is 21.2. The van der Waals surface area contributed by atoms with Crippen molar-refractivity contribution >= 4 is 5.82 Å². The van der Waals surface area contributed by atoms with Crippen LogP contribution in [0.1, 0.15) is 36.2 Å². The van der Waals surface area contributed by atoms with Crippen LogP contribution < -0.4 is 10.2 Å². The molecule has 0 bridgehead atoms. The van der Waals surface area contributed by atoms with E-state index in [9.17, 15) is 4.39 Å². The molecule has 0 spiro atoms. The molecule has 6 nitrogen and oxygen atoms in total. The number of anilines is 1. The van der Waals surface area contributed by atoms with Gasteiger partial charge in [0.25, 0.3) is 0 Å². The highest BCUT2D eigenvalue weighted by Gasteiger charge is 2.17. The Hall–Kier alpha value is -3.71. The molecule has 0 radical (unpaired) electrons. The minimum Gasteiger partial charge on any atom is -0.354 e. The molecule has 1 aliphatic rings. The van der Waals surface area contributed by atoms with Crippen LogP contribution in [0.2, 0.25) is 0 Å². The van der Waals surface area contributed by atoms with Gasteiger partial charge in [0.1, 0.15) is 17.5 Å². The zero-order chi connectivity index (χ0) is 24.9. The lowest BCUT2D eigenvalue weighted by atomic mass is 9.94. The largest absolute Gasteiger partial charge is 0.354 e. The smallest absolute Gasteiger partial charge is 0.129 e. The highest BCUT2D eigenvalue weighted by atomic mass is 19.1. The second kappa shape index (κ2) is 10.9. The minimum atomic E-state index is -0.221. The van der Waals surface area contributed by atoms with Crippen molar-refractivity contribution in [1.82, 2.24) is 25.3 Å². The number of pyridine rings is 2. The van der Waals surface area contributed by atoms with Crippen LogP contribution in [0, 0.1) is 12.7 Å². The van der Waals surface area contributed by atoms with E-state index in [1.165, 1.54) is 11.6 Å². The first kappa shape index (κ1) is 24.0. The number of aryl methyl sites for hydroxylation is 1. The number of hydrogen-bond acceptors (Lipinski definition) is 6. The second-order valence-electron chi connectivity index (χ2n) is 9.22. The number of halogens is 1. The maximum Gasteiger partial charge on any atom is 0.129 e. The first-order chi connectivity index (χ1) is 17.6. The van der Waals surface area contributed by atoms with Gasteiger partial charge in [0.05, 0.1) is 11.4 Å². The van der Waals surface area contributed by atoms with Crippen LogP contribution in [-0.2, 0) is 6.42 Å². The lowest BCUT2D eigenvalue weighted by molar-refractivity contribution is 0.584. The van der Waals surface area contributed by atoms with E-state index in [4.69, 9.17) is 9.97 Å². The van der Waals surface area contributed by atoms with Crippen LogP contribution in [0.5, 0.6) is 0 Å². The molecule has 0 amide bonds. The average Bonchev–Trinajstić information content (AvgIpc) is 2.94. The molecule has 1 aliphatic heterocycles. The zero-order valence-electron chi connectivity index (χ0n) is 20.8. The van der Waals surface area contributed by atoms with Crippen LogP contribution in [0.4, 0.5) is 10.2 Å². The van der Waals surface area contributed by atoms with Crippen molar-refractivity contribution in [1.29, 1.82) is 0 Å². The molecule has 0 aliphatic carbocycles. The zero-order valence-corrected chi connectivity index (χ0v) is 20.8. The standard InChI is InChI=1S/C29H31FN6/c1-3-21(23-7-9-28(34-19-23)36-15-13-31-14-16-36)18-27-32-12-10-26(35-27)24-5-4-11-33-29(24)22-6-8-25(30)20(2)17-22/h4-12,17,19,21,31H,3,13-16,18H2,1-2H3. The molecule has 1 atom stereocenters. The molecular weight excluding hydrogens is 451 g/mol. The first-order valence-corrected chi connectivity index (χ1v) is 12.6. The Balaban J connectivity index is 1.38. The number of rotatable bonds is 7. The molecule has 1 aromatic carbocycles. The van der Waals surface area contributed by atoms with Gasteiger partial charge in [0, 0.05) is 62.3 Å². The summed E-state index contributed by atoms with van der Waals surface area (Å²) in [6.07, 6.45) is 7.26. The predicted molar refractivity (Wildman–Crippen MR) is 141 cm³/mol. The molecule has 3 aromatic heterocycles. The van der Waals surface area contributed by atoms with E-state index in [1.54, 1.807) is 19.2 Å². The van der Waals surface area contributed by atoms with E-state index in [2.05, 4.69) is 39.2 Å². The number of nitrogens with zero attached hydrogens (tertiary/aromatic N) is 5. The summed E-state index contributed by atoms with van der Waals surface area (Å²) in [5, 5.41) is 3.38. The van der Waals surface area contributed by atoms with Gasteiger partial charge in [-0.15, -0.1) is 0 Å². The SMILES string of the molecule is CCC(Cc1nccc(-c2cccnc2-c2ccc(F)c(C)c2)n1)c1ccc(N2CCNCC2)nc1. The van der Waals surface area contributed by atoms with Crippen molar-refractivity contribution in [2.75, 3.05) is 31.1 Å². The highest BCUT2D eigenvalue weighted by molar-refractivity contribution is 5.78. The molecule has 0 saturated carbocycles. The van der Waals surface area contributed by atoms with Gasteiger partial charge in [0.15, 0.2) is 0 Å². The maximum absolute atomic E-state index is 13.9. The van der Waals surface area contributed by atoms with Crippen LogP contribution in [-0.4, -0.2) is 46.1 Å². The van der Waals surface area contributed by atoms with Crippen LogP contribution in [0.15, 0.2) is 67.1 Å². The van der Waals surface area contributed by atoms with E-state index in [0.29, 0.717) is 5.56 Å². The Labute approximate surface area is 211 Å². The minimum absolute atomic E-state index is 0.221. The van der Waals surface area contributed by atoms with E-state index in [0.717, 1.165) is 73.2 Å². The molecule has 4 heterocycles. The number of nitrogens with one attached hydrogen (secondary N) is 1. The van der Waals surface area contributed by atoms with Crippen molar-refractivity contribution in [2.45, 2.75) is 32.6 Å². The number of aromatic nitrogens is 4. The fourth-order valence-corrected chi connectivity index (χ4v) is 4.72.